The molecular weight excluding hydrogens is 230 g/mol. The molecule has 0 bridgehead atoms. The highest BCUT2D eigenvalue weighted by molar-refractivity contribution is 5.83. The summed E-state index contributed by atoms with van der Waals surface area (Å²) in [6, 6.07) is -0.746. The van der Waals surface area contributed by atoms with Crippen molar-refractivity contribution in [2.24, 2.45) is 11.3 Å². The van der Waals surface area contributed by atoms with E-state index in [0.717, 1.165) is 12.8 Å². The maximum atomic E-state index is 11.8. The fraction of sp³-hybridized carbons (Fsp3) is 0.857. The Bertz CT molecular complexity index is 281. The van der Waals surface area contributed by atoms with Crippen LogP contribution in [0.1, 0.15) is 60.3 Å². The Hall–Kier alpha value is -1.06. The van der Waals surface area contributed by atoms with Gasteiger partial charge in [-0.1, -0.05) is 47.5 Å². The normalized spacial score (nSPS) is 14.9. The molecule has 2 N–H and O–H groups in total. The second-order valence-electron chi connectivity index (χ2n) is 6.07. The summed E-state index contributed by atoms with van der Waals surface area (Å²) < 4.78 is 0. The summed E-state index contributed by atoms with van der Waals surface area (Å²) in [5.74, 6) is -0.890. The lowest BCUT2D eigenvalue weighted by atomic mass is 9.80. The van der Waals surface area contributed by atoms with E-state index in [1.54, 1.807) is 0 Å². The van der Waals surface area contributed by atoms with Crippen molar-refractivity contribution in [2.75, 3.05) is 0 Å². The zero-order valence-corrected chi connectivity index (χ0v) is 12.2. The Kier molecular flexibility index (Phi) is 6.96. The number of aliphatic carboxylic acids is 1. The lowest BCUT2D eigenvalue weighted by Gasteiger charge is -2.27. The van der Waals surface area contributed by atoms with Crippen molar-refractivity contribution in [3.05, 3.63) is 0 Å². The van der Waals surface area contributed by atoms with Crippen LogP contribution in [-0.4, -0.2) is 23.0 Å². The van der Waals surface area contributed by atoms with Crippen molar-refractivity contribution in [1.29, 1.82) is 0 Å². The lowest BCUT2D eigenvalue weighted by molar-refractivity contribution is -0.142. The summed E-state index contributed by atoms with van der Waals surface area (Å²) in [7, 11) is 0. The van der Waals surface area contributed by atoms with Gasteiger partial charge >= 0.3 is 5.97 Å². The maximum absolute atomic E-state index is 11.8. The first-order valence-electron chi connectivity index (χ1n) is 6.70. The molecule has 106 valence electrons. The van der Waals surface area contributed by atoms with Crippen LogP contribution >= 0.6 is 0 Å². The Morgan fingerprint density at radius 1 is 1.28 bits per heavy atom. The third-order valence-corrected chi connectivity index (χ3v) is 3.45. The van der Waals surface area contributed by atoms with Gasteiger partial charge < -0.3 is 10.4 Å². The summed E-state index contributed by atoms with van der Waals surface area (Å²) in [5.41, 5.74) is 0.0550. The molecule has 0 aromatic carbocycles. The molecule has 18 heavy (non-hydrogen) atoms. The van der Waals surface area contributed by atoms with Crippen molar-refractivity contribution in [3.8, 4) is 0 Å². The monoisotopic (exact) mass is 257 g/mol. The molecule has 0 saturated heterocycles. The number of nitrogens with one attached hydrogen (secondary N) is 1. The van der Waals surface area contributed by atoms with Gasteiger partial charge in [0.05, 0.1) is 0 Å². The predicted molar refractivity (Wildman–Crippen MR) is 72.3 cm³/mol. The maximum Gasteiger partial charge on any atom is 0.326 e. The minimum Gasteiger partial charge on any atom is -0.480 e. The quantitative estimate of drug-likeness (QED) is 0.737. The summed E-state index contributed by atoms with van der Waals surface area (Å²) in [5, 5.41) is 11.6. The fourth-order valence-corrected chi connectivity index (χ4v) is 1.50. The van der Waals surface area contributed by atoms with Crippen LogP contribution < -0.4 is 5.32 Å². The molecule has 0 heterocycles. The average Bonchev–Trinajstić information content (AvgIpc) is 2.22. The van der Waals surface area contributed by atoms with Gasteiger partial charge in [0.1, 0.15) is 6.04 Å². The largest absolute Gasteiger partial charge is 0.480 e. The average molecular weight is 257 g/mol. The van der Waals surface area contributed by atoms with Gasteiger partial charge in [-0.25, -0.2) is 4.79 Å². The van der Waals surface area contributed by atoms with E-state index < -0.39 is 12.0 Å². The van der Waals surface area contributed by atoms with Crippen molar-refractivity contribution in [1.82, 2.24) is 5.32 Å². The van der Waals surface area contributed by atoms with Crippen LogP contribution in [0.5, 0.6) is 0 Å². The molecule has 0 rings (SSSR count). The van der Waals surface area contributed by atoms with Crippen molar-refractivity contribution in [3.63, 3.8) is 0 Å². The van der Waals surface area contributed by atoms with Gasteiger partial charge in [-0.15, -0.1) is 0 Å². The second kappa shape index (κ2) is 7.39. The smallest absolute Gasteiger partial charge is 0.326 e. The SMILES string of the molecule is CCCCC(NC(=O)CC(C)C(C)(C)C)C(=O)O. The van der Waals surface area contributed by atoms with Crippen LogP contribution in [0.15, 0.2) is 0 Å². The molecule has 2 unspecified atom stereocenters. The van der Waals surface area contributed by atoms with E-state index in [2.05, 4.69) is 26.1 Å². The zero-order chi connectivity index (χ0) is 14.3. The van der Waals surface area contributed by atoms with Crippen molar-refractivity contribution < 1.29 is 14.7 Å². The fourth-order valence-electron chi connectivity index (χ4n) is 1.50. The number of amides is 1. The van der Waals surface area contributed by atoms with E-state index in [1.165, 1.54) is 0 Å². The standard InChI is InChI=1S/C14H27NO3/c1-6-7-8-11(13(17)18)15-12(16)9-10(2)14(3,4)5/h10-11H,6-9H2,1-5H3,(H,15,16)(H,17,18). The van der Waals surface area contributed by atoms with Gasteiger partial charge in [-0.05, 0) is 17.8 Å². The van der Waals surface area contributed by atoms with Crippen LogP contribution in [-0.2, 0) is 9.59 Å². The van der Waals surface area contributed by atoms with Gasteiger partial charge in [0.2, 0.25) is 5.91 Å². The number of carboxylic acids is 1. The van der Waals surface area contributed by atoms with E-state index in [1.807, 2.05) is 13.8 Å². The first kappa shape index (κ1) is 16.9. The van der Waals surface area contributed by atoms with Gasteiger partial charge in [0.15, 0.2) is 0 Å². The molecule has 0 spiro atoms. The van der Waals surface area contributed by atoms with Crippen LogP contribution in [0.3, 0.4) is 0 Å². The lowest BCUT2D eigenvalue weighted by Crippen LogP contribution is -2.41. The number of unbranched alkanes of at least 4 members (excludes halogenated alkanes) is 1. The number of carboxylic acid groups (broad SMARTS) is 1. The summed E-state index contributed by atoms with van der Waals surface area (Å²) in [4.78, 5) is 22.8. The summed E-state index contributed by atoms with van der Waals surface area (Å²) in [6.45, 7) is 10.3. The minimum absolute atomic E-state index is 0.0550. The number of carbonyl (C=O) groups excluding carboxylic acids is 1. The van der Waals surface area contributed by atoms with Crippen molar-refractivity contribution >= 4 is 11.9 Å². The van der Waals surface area contributed by atoms with E-state index in [0.29, 0.717) is 12.8 Å². The van der Waals surface area contributed by atoms with Crippen LogP contribution in [0.25, 0.3) is 0 Å². The highest BCUT2D eigenvalue weighted by atomic mass is 16.4. The van der Waals surface area contributed by atoms with E-state index >= 15 is 0 Å². The van der Waals surface area contributed by atoms with Gasteiger partial charge in [-0.3, -0.25) is 4.79 Å². The molecule has 0 saturated carbocycles. The first-order chi connectivity index (χ1) is 8.18. The molecule has 0 aromatic heterocycles. The molecule has 4 heteroatoms. The summed E-state index contributed by atoms with van der Waals surface area (Å²) >= 11 is 0. The molecule has 0 aliphatic rings. The minimum atomic E-state index is -0.944. The molecule has 0 radical (unpaired) electrons. The first-order valence-corrected chi connectivity index (χ1v) is 6.70. The van der Waals surface area contributed by atoms with E-state index in [-0.39, 0.29) is 17.2 Å². The number of hydrogen-bond donors (Lipinski definition) is 2. The highest BCUT2D eigenvalue weighted by Crippen LogP contribution is 2.27. The predicted octanol–water partition coefficient (Wildman–Crippen LogP) is 2.82. The molecule has 0 aliphatic heterocycles. The number of carbonyl (C=O) groups is 2. The molecule has 0 fully saturated rings. The number of rotatable bonds is 7. The molecule has 1 amide bonds. The van der Waals surface area contributed by atoms with Crippen LogP contribution in [0.4, 0.5) is 0 Å². The van der Waals surface area contributed by atoms with Gasteiger partial charge in [0.25, 0.3) is 0 Å². The topological polar surface area (TPSA) is 66.4 Å². The highest BCUT2D eigenvalue weighted by Gasteiger charge is 2.25. The van der Waals surface area contributed by atoms with E-state index in [4.69, 9.17) is 5.11 Å². The molecule has 2 atom stereocenters. The second-order valence-corrected chi connectivity index (χ2v) is 6.07. The molecular formula is C14H27NO3. The Morgan fingerprint density at radius 2 is 1.83 bits per heavy atom. The third-order valence-electron chi connectivity index (χ3n) is 3.45. The molecule has 0 aliphatic carbocycles. The number of hydrogen-bond acceptors (Lipinski definition) is 2. The molecule has 4 nitrogen and oxygen atoms in total. The van der Waals surface area contributed by atoms with E-state index in [9.17, 15) is 9.59 Å². The Labute approximate surface area is 110 Å². The van der Waals surface area contributed by atoms with Crippen LogP contribution in [0, 0.1) is 11.3 Å². The molecule has 0 aromatic rings. The van der Waals surface area contributed by atoms with Gasteiger partial charge in [-0.2, -0.15) is 0 Å². The zero-order valence-electron chi connectivity index (χ0n) is 12.2. The Balaban J connectivity index is 4.30. The van der Waals surface area contributed by atoms with Crippen molar-refractivity contribution in [2.45, 2.75) is 66.3 Å². The third kappa shape index (κ3) is 6.62. The Morgan fingerprint density at radius 3 is 2.22 bits per heavy atom. The van der Waals surface area contributed by atoms with Gasteiger partial charge in [0, 0.05) is 6.42 Å². The van der Waals surface area contributed by atoms with Crippen LogP contribution in [0.2, 0.25) is 0 Å². The summed E-state index contributed by atoms with van der Waals surface area (Å²) in [6.07, 6.45) is 2.62.